The summed E-state index contributed by atoms with van der Waals surface area (Å²) in [7, 11) is 1.43. The van der Waals surface area contributed by atoms with Gasteiger partial charge in [0.25, 0.3) is 17.2 Å². The number of nitro benzene ring substituents is 1. The highest BCUT2D eigenvalue weighted by Crippen LogP contribution is 2.21. The van der Waals surface area contributed by atoms with E-state index in [1.54, 1.807) is 6.07 Å². The summed E-state index contributed by atoms with van der Waals surface area (Å²) in [6.07, 6.45) is 2.39. The molecular weight excluding hydrogens is 406 g/mol. The van der Waals surface area contributed by atoms with Gasteiger partial charge in [-0.3, -0.25) is 34.2 Å². The van der Waals surface area contributed by atoms with E-state index in [2.05, 4.69) is 4.98 Å². The molecule has 1 amide bonds. The number of benzene rings is 1. The van der Waals surface area contributed by atoms with E-state index < -0.39 is 22.1 Å². The highest BCUT2D eigenvalue weighted by molar-refractivity contribution is 6.05. The van der Waals surface area contributed by atoms with E-state index in [-0.39, 0.29) is 48.4 Å². The highest BCUT2D eigenvalue weighted by Gasteiger charge is 2.23. The molecule has 1 aromatic heterocycles. The van der Waals surface area contributed by atoms with Crippen molar-refractivity contribution in [1.29, 1.82) is 0 Å². The van der Waals surface area contributed by atoms with Crippen LogP contribution in [0.25, 0.3) is 6.08 Å². The number of carbonyl (C=O) groups is 1. The first-order valence-corrected chi connectivity index (χ1v) is 9.51. The van der Waals surface area contributed by atoms with Crippen LogP contribution in [0, 0.1) is 16.0 Å². The predicted octanol–water partition coefficient (Wildman–Crippen LogP) is 1.38. The molecule has 11 nitrogen and oxygen atoms in total. The van der Waals surface area contributed by atoms with E-state index in [0.717, 1.165) is 11.0 Å². The third-order valence-corrected chi connectivity index (χ3v) is 4.36. The molecule has 0 saturated carbocycles. The lowest BCUT2D eigenvalue weighted by molar-refractivity contribution is -0.385. The fourth-order valence-corrected chi connectivity index (χ4v) is 2.95. The zero-order valence-corrected chi connectivity index (χ0v) is 17.5. The molecule has 1 heterocycles. The van der Waals surface area contributed by atoms with Gasteiger partial charge in [0.05, 0.1) is 17.1 Å². The SMILES string of the molecule is COCCN(C(=O)/C=C/c1ccccc1[N+](=O)[O-])c1c(N)n(CC(C)C)c(=O)[nH]c1=O. The first-order chi connectivity index (χ1) is 14.7. The number of nitro groups is 1. The molecule has 166 valence electrons. The van der Waals surface area contributed by atoms with Crippen LogP contribution in [0.2, 0.25) is 0 Å². The van der Waals surface area contributed by atoms with Crippen LogP contribution in [0.3, 0.4) is 0 Å². The maximum atomic E-state index is 12.9. The van der Waals surface area contributed by atoms with Crippen molar-refractivity contribution in [2.75, 3.05) is 30.9 Å². The summed E-state index contributed by atoms with van der Waals surface area (Å²) in [6.45, 7) is 4.06. The zero-order valence-electron chi connectivity index (χ0n) is 17.5. The first-order valence-electron chi connectivity index (χ1n) is 9.51. The van der Waals surface area contributed by atoms with Crippen molar-refractivity contribution in [3.8, 4) is 0 Å². The van der Waals surface area contributed by atoms with Gasteiger partial charge in [-0.25, -0.2) is 4.79 Å². The quantitative estimate of drug-likeness (QED) is 0.345. The van der Waals surface area contributed by atoms with Crippen molar-refractivity contribution in [3.05, 3.63) is 66.9 Å². The van der Waals surface area contributed by atoms with Crippen LogP contribution >= 0.6 is 0 Å². The van der Waals surface area contributed by atoms with Gasteiger partial charge in [-0.1, -0.05) is 26.0 Å². The smallest absolute Gasteiger partial charge is 0.330 e. The normalized spacial score (nSPS) is 11.2. The molecule has 0 fully saturated rings. The second-order valence-corrected chi connectivity index (χ2v) is 7.13. The summed E-state index contributed by atoms with van der Waals surface area (Å²) < 4.78 is 6.22. The summed E-state index contributed by atoms with van der Waals surface area (Å²) in [6, 6.07) is 5.92. The van der Waals surface area contributed by atoms with Crippen LogP contribution in [-0.2, 0) is 16.1 Å². The van der Waals surface area contributed by atoms with Gasteiger partial charge < -0.3 is 10.5 Å². The topological polar surface area (TPSA) is 154 Å². The Bertz CT molecular complexity index is 1100. The second kappa shape index (κ2) is 10.3. The number of ether oxygens (including phenoxy) is 1. The Morgan fingerprint density at radius 1 is 1.35 bits per heavy atom. The number of hydrogen-bond acceptors (Lipinski definition) is 7. The van der Waals surface area contributed by atoms with Gasteiger partial charge in [0.15, 0.2) is 5.69 Å². The number of aromatic nitrogens is 2. The molecule has 0 bridgehead atoms. The van der Waals surface area contributed by atoms with Gasteiger partial charge in [-0.15, -0.1) is 0 Å². The predicted molar refractivity (Wildman–Crippen MR) is 117 cm³/mol. The molecular formula is C20H25N5O6. The fourth-order valence-electron chi connectivity index (χ4n) is 2.95. The number of rotatable bonds is 9. The van der Waals surface area contributed by atoms with Crippen molar-refractivity contribution in [2.24, 2.45) is 5.92 Å². The number of carbonyl (C=O) groups excluding carboxylic acids is 1. The molecule has 3 N–H and O–H groups in total. The molecule has 0 aliphatic heterocycles. The lowest BCUT2D eigenvalue weighted by Crippen LogP contribution is -2.42. The van der Waals surface area contributed by atoms with Gasteiger partial charge in [0.2, 0.25) is 0 Å². The van der Waals surface area contributed by atoms with E-state index >= 15 is 0 Å². The largest absolute Gasteiger partial charge is 0.383 e. The standard InChI is InChI=1S/C20H25N5O6/c1-13(2)12-24-18(21)17(19(27)22-20(24)28)23(10-11-31-3)16(26)9-8-14-6-4-5-7-15(14)25(29)30/h4-9,13H,10-12,21H2,1-3H3,(H,22,27,28)/b9-8+. The first kappa shape index (κ1) is 23.5. The van der Waals surface area contributed by atoms with Crippen molar-refractivity contribution in [2.45, 2.75) is 20.4 Å². The number of amides is 1. The molecule has 0 radical (unpaired) electrons. The molecule has 0 aliphatic carbocycles. The van der Waals surface area contributed by atoms with Crippen LogP contribution in [0.15, 0.2) is 39.9 Å². The van der Waals surface area contributed by atoms with E-state index in [0.29, 0.717) is 0 Å². The van der Waals surface area contributed by atoms with Crippen LogP contribution < -0.4 is 21.9 Å². The molecule has 0 aliphatic rings. The summed E-state index contributed by atoms with van der Waals surface area (Å²) in [5.74, 6) is -0.742. The molecule has 0 saturated heterocycles. The number of nitrogens with two attached hydrogens (primary N) is 1. The van der Waals surface area contributed by atoms with Gasteiger partial charge in [-0.2, -0.15) is 0 Å². The summed E-state index contributed by atoms with van der Waals surface area (Å²) in [4.78, 5) is 51.5. The molecule has 2 aromatic rings. The number of nitrogens with one attached hydrogen (secondary N) is 1. The average Bonchev–Trinajstić information content (AvgIpc) is 2.71. The maximum Gasteiger partial charge on any atom is 0.330 e. The van der Waals surface area contributed by atoms with Crippen LogP contribution in [0.5, 0.6) is 0 Å². The summed E-state index contributed by atoms with van der Waals surface area (Å²) in [5, 5.41) is 11.2. The number of para-hydroxylation sites is 1. The van der Waals surface area contributed by atoms with Crippen LogP contribution in [0.4, 0.5) is 17.2 Å². The third kappa shape index (κ3) is 5.66. The van der Waals surface area contributed by atoms with E-state index in [4.69, 9.17) is 10.5 Å². The molecule has 31 heavy (non-hydrogen) atoms. The number of H-pyrrole nitrogens is 1. The summed E-state index contributed by atoms with van der Waals surface area (Å²) >= 11 is 0. The zero-order chi connectivity index (χ0) is 23.1. The number of nitrogens with zero attached hydrogens (tertiary/aromatic N) is 3. The number of methoxy groups -OCH3 is 1. The lowest BCUT2D eigenvalue weighted by Gasteiger charge is -2.23. The average molecular weight is 431 g/mol. The van der Waals surface area contributed by atoms with Gasteiger partial charge in [0.1, 0.15) is 5.82 Å². The van der Waals surface area contributed by atoms with E-state index in [1.807, 2.05) is 13.8 Å². The Morgan fingerprint density at radius 2 is 2.03 bits per heavy atom. The molecule has 0 spiro atoms. The Labute approximate surface area is 177 Å². The Balaban J connectivity index is 2.52. The van der Waals surface area contributed by atoms with Crippen LogP contribution in [0.1, 0.15) is 19.4 Å². The number of aromatic amines is 1. The number of nitrogen functional groups attached to an aromatic ring is 1. The Kier molecular flexibility index (Phi) is 7.86. The minimum Gasteiger partial charge on any atom is -0.383 e. The third-order valence-electron chi connectivity index (χ3n) is 4.36. The monoisotopic (exact) mass is 431 g/mol. The lowest BCUT2D eigenvalue weighted by atomic mass is 10.1. The molecule has 1 aromatic carbocycles. The molecule has 0 unspecified atom stereocenters. The molecule has 11 heteroatoms. The number of hydrogen-bond donors (Lipinski definition) is 2. The second-order valence-electron chi connectivity index (χ2n) is 7.13. The minimum absolute atomic E-state index is 0.0241. The van der Waals surface area contributed by atoms with Crippen LogP contribution in [-0.4, -0.2) is 40.6 Å². The van der Waals surface area contributed by atoms with Crippen molar-refractivity contribution >= 4 is 29.2 Å². The Hall–Kier alpha value is -3.73. The van der Waals surface area contributed by atoms with Crippen molar-refractivity contribution < 1.29 is 14.5 Å². The summed E-state index contributed by atoms with van der Waals surface area (Å²) in [5.41, 5.74) is 4.49. The van der Waals surface area contributed by atoms with E-state index in [9.17, 15) is 24.5 Å². The van der Waals surface area contributed by atoms with Gasteiger partial charge in [-0.05, 0) is 18.1 Å². The fraction of sp³-hybridized carbons (Fsp3) is 0.350. The molecule has 0 atom stereocenters. The highest BCUT2D eigenvalue weighted by atomic mass is 16.6. The number of anilines is 2. The maximum absolute atomic E-state index is 12.9. The van der Waals surface area contributed by atoms with Crippen molar-refractivity contribution in [3.63, 3.8) is 0 Å². The minimum atomic E-state index is -0.814. The van der Waals surface area contributed by atoms with Crippen molar-refractivity contribution in [1.82, 2.24) is 9.55 Å². The Morgan fingerprint density at radius 3 is 2.65 bits per heavy atom. The van der Waals surface area contributed by atoms with Gasteiger partial charge >= 0.3 is 5.69 Å². The van der Waals surface area contributed by atoms with Gasteiger partial charge in [0, 0.05) is 32.3 Å². The van der Waals surface area contributed by atoms with E-state index in [1.165, 1.54) is 36.0 Å². The molecule has 2 rings (SSSR count).